The number of carbonyl (C=O) groups is 2. The number of esters is 1. The van der Waals surface area contributed by atoms with Crippen LogP contribution in [0.2, 0.25) is 5.04 Å². The molecule has 3 atom stereocenters. The quantitative estimate of drug-likeness (QED) is 0.242. The van der Waals surface area contributed by atoms with Crippen LogP contribution in [0.15, 0.2) is 103 Å². The normalized spacial score (nSPS) is 23.3. The maximum atomic E-state index is 13.9. The Morgan fingerprint density at radius 2 is 1.35 bits per heavy atom. The Morgan fingerprint density at radius 3 is 1.81 bits per heavy atom. The van der Waals surface area contributed by atoms with E-state index in [1.54, 1.807) is 13.1 Å². The van der Waals surface area contributed by atoms with Crippen molar-refractivity contribution in [1.29, 1.82) is 0 Å². The van der Waals surface area contributed by atoms with Gasteiger partial charge in [0, 0.05) is 6.20 Å². The van der Waals surface area contributed by atoms with Gasteiger partial charge in [-0.1, -0.05) is 118 Å². The van der Waals surface area contributed by atoms with Crippen molar-refractivity contribution in [2.24, 2.45) is 5.92 Å². The van der Waals surface area contributed by atoms with Gasteiger partial charge >= 0.3 is 12.1 Å². The first kappa shape index (κ1) is 30.7. The Labute approximate surface area is 255 Å². The third-order valence-corrected chi connectivity index (χ3v) is 13.0. The molecular weight excluding hydrogens is 558 g/mol. The van der Waals surface area contributed by atoms with Gasteiger partial charge in [-0.3, -0.25) is 0 Å². The lowest BCUT2D eigenvalue weighted by molar-refractivity contribution is -0.420. The summed E-state index contributed by atoms with van der Waals surface area (Å²) in [5.74, 6) is -2.95. The van der Waals surface area contributed by atoms with Crippen LogP contribution >= 0.6 is 0 Å². The second-order valence-corrected chi connectivity index (χ2v) is 17.2. The molecule has 0 N–H and O–H groups in total. The Morgan fingerprint density at radius 1 is 0.837 bits per heavy atom. The summed E-state index contributed by atoms with van der Waals surface area (Å²) in [7, 11) is -3.31. The van der Waals surface area contributed by atoms with Crippen LogP contribution < -0.4 is 10.4 Å². The van der Waals surface area contributed by atoms with Crippen LogP contribution in [0.5, 0.6) is 0 Å². The number of ether oxygens (including phenoxy) is 3. The number of benzene rings is 3. The smallest absolute Gasteiger partial charge is 0.418 e. The highest BCUT2D eigenvalue weighted by Crippen LogP contribution is 2.61. The highest BCUT2D eigenvalue weighted by atomic mass is 28.4. The standard InChI is InChI=1S/C35H41NO6Si/c1-8-39-30(37)34(26-18-12-9-13-19-26)29-24-25-36(31(38)40-32(2,3)4)35(29,41-34)42-43(33(5,6)7,27-20-14-10-15-21-27)28-22-16-11-17-23-28/h9-25,29H,8H2,1-7H3. The highest BCUT2D eigenvalue weighted by Gasteiger charge is 2.78. The van der Waals surface area contributed by atoms with Crippen molar-refractivity contribution in [3.63, 3.8) is 0 Å². The van der Waals surface area contributed by atoms with Gasteiger partial charge in [-0.2, -0.15) is 0 Å². The van der Waals surface area contributed by atoms with Crippen LogP contribution in [-0.2, 0) is 29.0 Å². The molecule has 2 heterocycles. The number of amides is 1. The van der Waals surface area contributed by atoms with Crippen LogP contribution in [-0.4, -0.2) is 43.4 Å². The van der Waals surface area contributed by atoms with E-state index < -0.39 is 48.4 Å². The number of hydrogen-bond donors (Lipinski definition) is 0. The maximum absolute atomic E-state index is 13.9. The van der Waals surface area contributed by atoms with E-state index in [1.165, 1.54) is 4.90 Å². The highest BCUT2D eigenvalue weighted by molar-refractivity contribution is 6.99. The summed E-state index contributed by atoms with van der Waals surface area (Å²) in [5, 5.41) is 1.58. The maximum Gasteiger partial charge on any atom is 0.418 e. The zero-order valence-electron chi connectivity index (χ0n) is 26.0. The molecular formula is C35H41NO6Si. The van der Waals surface area contributed by atoms with Gasteiger partial charge < -0.3 is 18.6 Å². The van der Waals surface area contributed by atoms with E-state index in [0.717, 1.165) is 10.4 Å². The molecule has 0 aliphatic carbocycles. The van der Waals surface area contributed by atoms with Crippen molar-refractivity contribution < 1.29 is 28.2 Å². The fourth-order valence-electron chi connectivity index (χ4n) is 6.24. The van der Waals surface area contributed by atoms with Crippen LogP contribution in [0, 0.1) is 5.92 Å². The van der Waals surface area contributed by atoms with Gasteiger partial charge in [-0.25, -0.2) is 14.5 Å². The Hall–Kier alpha value is -3.72. The predicted octanol–water partition coefficient (Wildman–Crippen LogP) is 6.09. The van der Waals surface area contributed by atoms with Crippen molar-refractivity contribution >= 4 is 30.8 Å². The topological polar surface area (TPSA) is 74.3 Å². The zero-order chi connectivity index (χ0) is 31.1. The van der Waals surface area contributed by atoms with E-state index in [-0.39, 0.29) is 6.61 Å². The summed E-state index contributed by atoms with van der Waals surface area (Å²) in [4.78, 5) is 29.2. The number of nitrogens with zero attached hydrogens (tertiary/aromatic N) is 1. The molecule has 3 aromatic carbocycles. The molecule has 0 aromatic heterocycles. The first-order chi connectivity index (χ1) is 20.3. The van der Waals surface area contributed by atoms with Gasteiger partial charge in [0.1, 0.15) is 5.60 Å². The SMILES string of the molecule is CCOC(=O)C1(c2ccccc2)OC2(O[Si](c3ccccc3)(c3ccccc3)C(C)(C)C)C1C=CN2C(=O)OC(C)(C)C. The molecule has 0 saturated carbocycles. The molecule has 1 saturated heterocycles. The van der Waals surface area contributed by atoms with Crippen LogP contribution in [0.4, 0.5) is 4.79 Å². The minimum Gasteiger partial charge on any atom is -0.464 e. The Bertz CT molecular complexity index is 1440. The van der Waals surface area contributed by atoms with E-state index in [4.69, 9.17) is 18.6 Å². The Kier molecular flexibility index (Phi) is 7.92. The molecule has 8 heteroatoms. The summed E-state index contributed by atoms with van der Waals surface area (Å²) in [5.41, 5.74) is -1.69. The van der Waals surface area contributed by atoms with Gasteiger partial charge in [-0.05, 0) is 48.7 Å². The molecule has 5 rings (SSSR count). The minimum atomic E-state index is -3.31. The molecule has 0 bridgehead atoms. The van der Waals surface area contributed by atoms with Gasteiger partial charge in [0.2, 0.25) is 5.60 Å². The third kappa shape index (κ3) is 5.01. The van der Waals surface area contributed by atoms with Crippen LogP contribution in [0.1, 0.15) is 54.0 Å². The monoisotopic (exact) mass is 599 g/mol. The number of fused-ring (bicyclic) bond motifs is 1. The summed E-state index contributed by atoms with van der Waals surface area (Å²) >= 11 is 0. The first-order valence-electron chi connectivity index (χ1n) is 14.8. The summed E-state index contributed by atoms with van der Waals surface area (Å²) in [6.45, 7) is 13.8. The number of hydrogen-bond acceptors (Lipinski definition) is 6. The molecule has 43 heavy (non-hydrogen) atoms. The lowest BCUT2D eigenvalue weighted by Gasteiger charge is -2.62. The molecule has 1 fully saturated rings. The Balaban J connectivity index is 1.75. The second-order valence-electron chi connectivity index (χ2n) is 13.0. The first-order valence-corrected chi connectivity index (χ1v) is 16.7. The van der Waals surface area contributed by atoms with Crippen molar-refractivity contribution in [3.8, 4) is 0 Å². The van der Waals surface area contributed by atoms with E-state index >= 15 is 0 Å². The van der Waals surface area contributed by atoms with Crippen molar-refractivity contribution in [3.05, 3.63) is 109 Å². The van der Waals surface area contributed by atoms with Crippen molar-refractivity contribution in [2.75, 3.05) is 6.61 Å². The average Bonchev–Trinajstić information content (AvgIpc) is 3.25. The fraction of sp³-hybridized carbons (Fsp3) is 0.371. The molecule has 226 valence electrons. The van der Waals surface area contributed by atoms with E-state index in [0.29, 0.717) is 5.56 Å². The van der Waals surface area contributed by atoms with Crippen molar-refractivity contribution in [1.82, 2.24) is 4.90 Å². The lowest BCUT2D eigenvalue weighted by Crippen LogP contribution is -2.80. The van der Waals surface area contributed by atoms with Crippen LogP contribution in [0.3, 0.4) is 0 Å². The van der Waals surface area contributed by atoms with Gasteiger partial charge in [-0.15, -0.1) is 0 Å². The molecule has 3 aromatic rings. The average molecular weight is 600 g/mol. The van der Waals surface area contributed by atoms with E-state index in [2.05, 4.69) is 45.0 Å². The van der Waals surface area contributed by atoms with E-state index in [1.807, 2.05) is 93.6 Å². The minimum absolute atomic E-state index is 0.172. The van der Waals surface area contributed by atoms with Crippen LogP contribution in [0.25, 0.3) is 0 Å². The molecule has 3 unspecified atom stereocenters. The molecule has 0 spiro atoms. The van der Waals surface area contributed by atoms with Crippen molar-refractivity contribution in [2.45, 2.75) is 70.6 Å². The molecule has 1 amide bonds. The van der Waals surface area contributed by atoms with Gasteiger partial charge in [0.05, 0.1) is 12.5 Å². The molecule has 2 aliphatic heterocycles. The number of rotatable bonds is 7. The zero-order valence-corrected chi connectivity index (χ0v) is 27.0. The van der Waals surface area contributed by atoms with Gasteiger partial charge in [0.15, 0.2) is 0 Å². The fourth-order valence-corrected chi connectivity index (χ4v) is 10.9. The third-order valence-electron chi connectivity index (χ3n) is 7.99. The molecule has 0 radical (unpaired) electrons. The lowest BCUT2D eigenvalue weighted by atomic mass is 9.74. The summed E-state index contributed by atoms with van der Waals surface area (Å²) < 4.78 is 25.9. The second kappa shape index (κ2) is 11.1. The predicted molar refractivity (Wildman–Crippen MR) is 168 cm³/mol. The van der Waals surface area contributed by atoms with Gasteiger partial charge in [0.25, 0.3) is 14.2 Å². The largest absolute Gasteiger partial charge is 0.464 e. The molecule has 7 nitrogen and oxygen atoms in total. The summed E-state index contributed by atoms with van der Waals surface area (Å²) in [6.07, 6.45) is 2.81. The van der Waals surface area contributed by atoms with E-state index in [9.17, 15) is 9.59 Å². The molecule has 2 aliphatic rings. The number of carbonyl (C=O) groups excluding carboxylic acids is 2. The summed E-state index contributed by atoms with van der Waals surface area (Å²) in [6, 6.07) is 29.5.